The van der Waals surface area contributed by atoms with Gasteiger partial charge in [-0.1, -0.05) is 43.2 Å². The summed E-state index contributed by atoms with van der Waals surface area (Å²) in [7, 11) is 0. The minimum absolute atomic E-state index is 0.274. The van der Waals surface area contributed by atoms with Crippen LogP contribution in [0.3, 0.4) is 0 Å². The number of hydrogen-bond acceptors (Lipinski definition) is 2. The van der Waals surface area contributed by atoms with E-state index in [1.165, 1.54) is 0 Å². The van der Waals surface area contributed by atoms with Gasteiger partial charge in [-0.3, -0.25) is 4.79 Å². The first-order chi connectivity index (χ1) is 10.7. The molecule has 3 nitrogen and oxygen atoms in total. The molecular formula is C17H23F3N2O. The number of carbonyl (C=O) groups is 1. The summed E-state index contributed by atoms with van der Waals surface area (Å²) in [6.45, 7) is 1.75. The molecule has 0 radical (unpaired) electrons. The van der Waals surface area contributed by atoms with Gasteiger partial charge < -0.3 is 11.1 Å². The average Bonchev–Trinajstić information content (AvgIpc) is 2.46. The lowest BCUT2D eigenvalue weighted by Crippen LogP contribution is -2.56. The van der Waals surface area contributed by atoms with Crippen LogP contribution in [0.4, 0.5) is 13.2 Å². The Hall–Kier alpha value is -1.56. The Bertz CT molecular complexity index is 528. The number of hydrogen-bond donors (Lipinski definition) is 2. The fraction of sp³-hybridized carbons (Fsp3) is 0.588. The van der Waals surface area contributed by atoms with Crippen molar-refractivity contribution in [1.82, 2.24) is 5.32 Å². The molecule has 2 rings (SSSR count). The molecule has 0 bridgehead atoms. The van der Waals surface area contributed by atoms with Gasteiger partial charge in [0.2, 0.25) is 5.91 Å². The zero-order chi connectivity index (χ0) is 17.1. The summed E-state index contributed by atoms with van der Waals surface area (Å²) in [6, 6.07) is 6.46. The number of halogens is 3. The third-order valence-corrected chi connectivity index (χ3v) is 4.57. The Labute approximate surface area is 134 Å². The first-order valence-electron chi connectivity index (χ1n) is 7.90. The molecule has 6 heteroatoms. The summed E-state index contributed by atoms with van der Waals surface area (Å²) in [5.74, 6) is -1.16. The zero-order valence-electron chi connectivity index (χ0n) is 13.2. The van der Waals surface area contributed by atoms with Crippen LogP contribution in [0.2, 0.25) is 0 Å². The summed E-state index contributed by atoms with van der Waals surface area (Å²) in [6.07, 6.45) is -1.85. The topological polar surface area (TPSA) is 55.1 Å². The molecule has 3 atom stereocenters. The molecule has 1 amide bonds. The molecule has 0 saturated heterocycles. The van der Waals surface area contributed by atoms with Crippen molar-refractivity contribution in [2.24, 2.45) is 11.7 Å². The van der Waals surface area contributed by atoms with Crippen molar-refractivity contribution in [2.75, 3.05) is 0 Å². The third kappa shape index (κ3) is 4.70. The van der Waals surface area contributed by atoms with Crippen molar-refractivity contribution < 1.29 is 18.0 Å². The zero-order valence-corrected chi connectivity index (χ0v) is 13.2. The van der Waals surface area contributed by atoms with Crippen LogP contribution in [0, 0.1) is 5.92 Å². The number of carbonyl (C=O) groups excluding carboxylic acids is 1. The van der Waals surface area contributed by atoms with Gasteiger partial charge in [0.25, 0.3) is 0 Å². The molecule has 0 heterocycles. The monoisotopic (exact) mass is 328 g/mol. The van der Waals surface area contributed by atoms with Crippen molar-refractivity contribution in [3.05, 3.63) is 35.9 Å². The van der Waals surface area contributed by atoms with E-state index in [1.807, 2.05) is 0 Å². The van der Waals surface area contributed by atoms with Crippen molar-refractivity contribution in [3.63, 3.8) is 0 Å². The Balaban J connectivity index is 2.10. The van der Waals surface area contributed by atoms with Crippen LogP contribution in [-0.4, -0.2) is 23.7 Å². The lowest BCUT2D eigenvalue weighted by molar-refractivity contribution is -0.163. The maximum Gasteiger partial charge on any atom is 0.408 e. The predicted octanol–water partition coefficient (Wildman–Crippen LogP) is 3.18. The molecule has 23 heavy (non-hydrogen) atoms. The van der Waals surface area contributed by atoms with Crippen LogP contribution in [0.25, 0.3) is 0 Å². The fourth-order valence-electron chi connectivity index (χ4n) is 3.16. The van der Waals surface area contributed by atoms with E-state index in [4.69, 9.17) is 5.73 Å². The van der Waals surface area contributed by atoms with Gasteiger partial charge >= 0.3 is 6.18 Å². The standard InChI is InChI=1S/C17H23F3N2O/c1-16(21)10-6-5-9-13(16)15(23)22-14(17(18,19)20)11-12-7-3-2-4-8-12/h2-4,7-8,13-14H,5-6,9-11,21H2,1H3,(H,22,23). The third-order valence-electron chi connectivity index (χ3n) is 4.57. The number of amides is 1. The van der Waals surface area contributed by atoms with Gasteiger partial charge in [-0.15, -0.1) is 0 Å². The van der Waals surface area contributed by atoms with E-state index < -0.39 is 29.6 Å². The molecule has 0 spiro atoms. The van der Waals surface area contributed by atoms with Crippen molar-refractivity contribution in [1.29, 1.82) is 0 Å². The lowest BCUT2D eigenvalue weighted by Gasteiger charge is -2.38. The highest BCUT2D eigenvalue weighted by Gasteiger charge is 2.44. The second-order valence-electron chi connectivity index (χ2n) is 6.60. The highest BCUT2D eigenvalue weighted by molar-refractivity contribution is 5.80. The van der Waals surface area contributed by atoms with Gasteiger partial charge in [0, 0.05) is 12.0 Å². The van der Waals surface area contributed by atoms with Crippen LogP contribution in [0.1, 0.15) is 38.2 Å². The highest BCUT2D eigenvalue weighted by Crippen LogP contribution is 2.32. The van der Waals surface area contributed by atoms with E-state index in [0.29, 0.717) is 18.4 Å². The maximum atomic E-state index is 13.3. The van der Waals surface area contributed by atoms with Crippen molar-refractivity contribution in [3.8, 4) is 0 Å². The summed E-state index contributed by atoms with van der Waals surface area (Å²) in [5.41, 5.74) is 5.91. The molecule has 3 unspecified atom stereocenters. The lowest BCUT2D eigenvalue weighted by atomic mass is 9.74. The van der Waals surface area contributed by atoms with Crippen LogP contribution < -0.4 is 11.1 Å². The molecule has 0 aliphatic heterocycles. The summed E-state index contributed by atoms with van der Waals surface area (Å²) >= 11 is 0. The molecule has 1 aromatic rings. The normalized spacial score (nSPS) is 26.6. The SMILES string of the molecule is CC1(N)CCCCC1C(=O)NC(Cc1ccccc1)C(F)(F)F. The second-order valence-corrected chi connectivity index (χ2v) is 6.60. The van der Waals surface area contributed by atoms with Crippen LogP contribution >= 0.6 is 0 Å². The Morgan fingerprint density at radius 2 is 2.00 bits per heavy atom. The Morgan fingerprint density at radius 1 is 1.35 bits per heavy atom. The van der Waals surface area contributed by atoms with E-state index in [-0.39, 0.29) is 6.42 Å². The molecule has 1 aliphatic carbocycles. The van der Waals surface area contributed by atoms with E-state index >= 15 is 0 Å². The molecule has 128 valence electrons. The minimum Gasteiger partial charge on any atom is -0.344 e. The van der Waals surface area contributed by atoms with Gasteiger partial charge in [0.1, 0.15) is 6.04 Å². The van der Waals surface area contributed by atoms with Crippen molar-refractivity contribution >= 4 is 5.91 Å². The van der Waals surface area contributed by atoms with Crippen LogP contribution in [-0.2, 0) is 11.2 Å². The molecule has 1 aromatic carbocycles. The predicted molar refractivity (Wildman–Crippen MR) is 82.7 cm³/mol. The van der Waals surface area contributed by atoms with E-state index in [0.717, 1.165) is 12.8 Å². The number of rotatable bonds is 4. The summed E-state index contributed by atoms with van der Waals surface area (Å²) in [4.78, 5) is 12.4. The minimum atomic E-state index is -4.49. The number of benzene rings is 1. The molecule has 1 saturated carbocycles. The van der Waals surface area contributed by atoms with E-state index in [2.05, 4.69) is 5.32 Å². The second kappa shape index (κ2) is 6.91. The Morgan fingerprint density at radius 3 is 2.57 bits per heavy atom. The maximum absolute atomic E-state index is 13.3. The van der Waals surface area contributed by atoms with Gasteiger partial charge in [-0.05, 0) is 25.3 Å². The largest absolute Gasteiger partial charge is 0.408 e. The quantitative estimate of drug-likeness (QED) is 0.892. The van der Waals surface area contributed by atoms with Crippen LogP contribution in [0.15, 0.2) is 30.3 Å². The highest BCUT2D eigenvalue weighted by atomic mass is 19.4. The average molecular weight is 328 g/mol. The molecule has 0 aromatic heterocycles. The number of alkyl halides is 3. The molecule has 1 aliphatic rings. The van der Waals surface area contributed by atoms with Gasteiger partial charge in [0.15, 0.2) is 0 Å². The van der Waals surface area contributed by atoms with Crippen LogP contribution in [0.5, 0.6) is 0 Å². The Kier molecular flexibility index (Phi) is 5.34. The molecule has 1 fully saturated rings. The first-order valence-corrected chi connectivity index (χ1v) is 7.90. The number of nitrogens with one attached hydrogen (secondary N) is 1. The molecular weight excluding hydrogens is 305 g/mol. The van der Waals surface area contributed by atoms with E-state index in [1.54, 1.807) is 37.3 Å². The summed E-state index contributed by atoms with van der Waals surface area (Å²) < 4.78 is 39.8. The van der Waals surface area contributed by atoms with E-state index in [9.17, 15) is 18.0 Å². The fourth-order valence-corrected chi connectivity index (χ4v) is 3.16. The smallest absolute Gasteiger partial charge is 0.344 e. The number of nitrogens with two attached hydrogens (primary N) is 1. The molecule has 3 N–H and O–H groups in total. The van der Waals surface area contributed by atoms with Gasteiger partial charge in [-0.25, -0.2) is 0 Å². The summed E-state index contributed by atoms with van der Waals surface area (Å²) in [5, 5.41) is 2.19. The van der Waals surface area contributed by atoms with Crippen molar-refractivity contribution in [2.45, 2.75) is 56.8 Å². The van der Waals surface area contributed by atoms with Gasteiger partial charge in [0.05, 0.1) is 5.92 Å². The van der Waals surface area contributed by atoms with Gasteiger partial charge in [-0.2, -0.15) is 13.2 Å². The first kappa shape index (κ1) is 17.8.